The van der Waals surface area contributed by atoms with E-state index in [9.17, 15) is 4.79 Å². The van der Waals surface area contributed by atoms with Crippen LogP contribution in [-0.4, -0.2) is 34.4 Å². The van der Waals surface area contributed by atoms with E-state index in [2.05, 4.69) is 0 Å². The van der Waals surface area contributed by atoms with Crippen LogP contribution in [0.15, 0.2) is 60.2 Å². The number of benzene rings is 3. The molecule has 158 valence electrons. The second kappa shape index (κ2) is 8.44. The molecule has 0 saturated carbocycles. The molecule has 3 aromatic rings. The maximum atomic E-state index is 12.5. The summed E-state index contributed by atoms with van der Waals surface area (Å²) in [6.07, 6.45) is 3.46. The van der Waals surface area contributed by atoms with Crippen molar-refractivity contribution in [2.75, 3.05) is 28.4 Å². The third-order valence-electron chi connectivity index (χ3n) is 5.07. The lowest BCUT2D eigenvalue weighted by Gasteiger charge is -2.12. The summed E-state index contributed by atoms with van der Waals surface area (Å²) in [6.45, 7) is 0. The van der Waals surface area contributed by atoms with E-state index < -0.39 is 5.97 Å². The van der Waals surface area contributed by atoms with E-state index in [0.717, 1.165) is 27.6 Å². The molecule has 0 aliphatic carbocycles. The van der Waals surface area contributed by atoms with Gasteiger partial charge in [0.15, 0.2) is 11.5 Å². The van der Waals surface area contributed by atoms with Crippen LogP contribution in [0.1, 0.15) is 11.1 Å². The third-order valence-corrected chi connectivity index (χ3v) is 5.07. The van der Waals surface area contributed by atoms with Crippen molar-refractivity contribution in [3.8, 4) is 23.0 Å². The molecule has 0 aromatic heterocycles. The van der Waals surface area contributed by atoms with Crippen molar-refractivity contribution in [2.24, 2.45) is 0 Å². The highest BCUT2D eigenvalue weighted by atomic mass is 16.5. The molecule has 1 aliphatic rings. The Balaban J connectivity index is 1.70. The minimum absolute atomic E-state index is 0.418. The molecule has 4 rings (SSSR count). The highest BCUT2D eigenvalue weighted by Crippen LogP contribution is 2.39. The van der Waals surface area contributed by atoms with Gasteiger partial charge in [-0.3, -0.25) is 0 Å². The van der Waals surface area contributed by atoms with Crippen LogP contribution >= 0.6 is 0 Å². The second-order valence-electron chi connectivity index (χ2n) is 6.88. The largest absolute Gasteiger partial charge is 0.497 e. The number of carbonyl (C=O) groups is 1. The van der Waals surface area contributed by atoms with Gasteiger partial charge in [-0.15, -0.1) is 0 Å². The van der Waals surface area contributed by atoms with Crippen LogP contribution in [0.3, 0.4) is 0 Å². The summed E-state index contributed by atoms with van der Waals surface area (Å²) >= 11 is 0. The highest BCUT2D eigenvalue weighted by molar-refractivity contribution is 6.05. The van der Waals surface area contributed by atoms with Crippen molar-refractivity contribution in [3.63, 3.8) is 0 Å². The zero-order valence-electron chi connectivity index (χ0n) is 17.7. The Labute approximate surface area is 180 Å². The summed E-state index contributed by atoms with van der Waals surface area (Å²) in [5, 5.41) is 2.07. The topological polar surface area (TPSA) is 63.2 Å². The van der Waals surface area contributed by atoms with Gasteiger partial charge < -0.3 is 23.7 Å². The Morgan fingerprint density at radius 3 is 2.10 bits per heavy atom. The van der Waals surface area contributed by atoms with E-state index in [1.54, 1.807) is 52.7 Å². The maximum Gasteiger partial charge on any atom is 0.343 e. The number of methoxy groups -OCH3 is 4. The Bertz CT molecular complexity index is 1200. The number of ether oxygens (including phenoxy) is 5. The molecule has 1 heterocycles. The molecule has 0 bridgehead atoms. The van der Waals surface area contributed by atoms with Crippen molar-refractivity contribution in [2.45, 2.75) is 0 Å². The van der Waals surface area contributed by atoms with Crippen molar-refractivity contribution in [3.05, 3.63) is 71.3 Å². The molecule has 0 N–H and O–H groups in total. The van der Waals surface area contributed by atoms with Gasteiger partial charge in [0.2, 0.25) is 5.75 Å². The first-order valence-corrected chi connectivity index (χ1v) is 9.60. The fourth-order valence-corrected chi connectivity index (χ4v) is 3.50. The lowest BCUT2D eigenvalue weighted by Crippen LogP contribution is -1.98. The first-order chi connectivity index (χ1) is 15.1. The van der Waals surface area contributed by atoms with Crippen molar-refractivity contribution >= 4 is 28.6 Å². The summed E-state index contributed by atoms with van der Waals surface area (Å²) < 4.78 is 26.9. The standard InChI is InChI=1S/C25H22O6/c1-27-20-8-7-16-12-18(6-5-17(16)13-20)21-14-19(25(26)31-21)9-15-10-22(28-2)24(30-4)23(11-15)29-3/h5-14H,1-4H3/b19-9-. The number of esters is 1. The van der Waals surface area contributed by atoms with E-state index in [1.165, 1.54) is 0 Å². The lowest BCUT2D eigenvalue weighted by atomic mass is 10.0. The SMILES string of the molecule is COc1ccc2cc(C3=C/C(=C/c4cc(OC)c(OC)c(OC)c4)C(=O)O3)ccc2c1. The Morgan fingerprint density at radius 2 is 1.45 bits per heavy atom. The first kappa shape index (κ1) is 20.3. The van der Waals surface area contributed by atoms with E-state index in [-0.39, 0.29) is 0 Å². The normalized spacial score (nSPS) is 14.4. The molecule has 0 saturated heterocycles. The number of cyclic esters (lactones) is 1. The molecule has 31 heavy (non-hydrogen) atoms. The van der Waals surface area contributed by atoms with E-state index >= 15 is 0 Å². The lowest BCUT2D eigenvalue weighted by molar-refractivity contribution is -0.130. The molecule has 6 nitrogen and oxygen atoms in total. The molecular formula is C25H22O6. The average Bonchev–Trinajstić information content (AvgIpc) is 3.17. The minimum atomic E-state index is -0.418. The highest BCUT2D eigenvalue weighted by Gasteiger charge is 2.23. The summed E-state index contributed by atoms with van der Waals surface area (Å²) in [4.78, 5) is 12.5. The average molecular weight is 418 g/mol. The molecule has 6 heteroatoms. The van der Waals surface area contributed by atoms with Crippen LogP contribution in [0.25, 0.3) is 22.6 Å². The zero-order chi connectivity index (χ0) is 22.0. The number of rotatable bonds is 6. The van der Waals surface area contributed by atoms with Crippen LogP contribution in [-0.2, 0) is 9.53 Å². The smallest absolute Gasteiger partial charge is 0.343 e. The number of hydrogen-bond acceptors (Lipinski definition) is 6. The molecule has 0 spiro atoms. The van der Waals surface area contributed by atoms with Crippen molar-refractivity contribution in [1.82, 2.24) is 0 Å². The monoisotopic (exact) mass is 418 g/mol. The summed E-state index contributed by atoms with van der Waals surface area (Å²) in [6, 6.07) is 15.3. The molecule has 0 fully saturated rings. The van der Waals surface area contributed by atoms with Gasteiger partial charge in [-0.2, -0.15) is 0 Å². The third kappa shape index (κ3) is 3.92. The van der Waals surface area contributed by atoms with Gasteiger partial charge in [0, 0.05) is 5.56 Å². The van der Waals surface area contributed by atoms with Crippen molar-refractivity contribution in [1.29, 1.82) is 0 Å². The molecule has 0 unspecified atom stereocenters. The predicted octanol–water partition coefficient (Wildman–Crippen LogP) is 4.86. The number of hydrogen-bond donors (Lipinski definition) is 0. The fourth-order valence-electron chi connectivity index (χ4n) is 3.50. The van der Waals surface area contributed by atoms with Crippen LogP contribution in [0.4, 0.5) is 0 Å². The first-order valence-electron chi connectivity index (χ1n) is 9.60. The summed E-state index contributed by atoms with van der Waals surface area (Å²) in [5.41, 5.74) is 1.97. The van der Waals surface area contributed by atoms with Crippen LogP contribution in [0.5, 0.6) is 23.0 Å². The molecule has 3 aromatic carbocycles. The number of fused-ring (bicyclic) bond motifs is 1. The van der Waals surface area contributed by atoms with Gasteiger partial charge in [-0.05, 0) is 58.8 Å². The van der Waals surface area contributed by atoms with Gasteiger partial charge in [0.05, 0.1) is 34.0 Å². The quantitative estimate of drug-likeness (QED) is 0.421. The van der Waals surface area contributed by atoms with Gasteiger partial charge in [-0.25, -0.2) is 4.79 Å². The number of carbonyl (C=O) groups excluding carboxylic acids is 1. The van der Waals surface area contributed by atoms with Gasteiger partial charge in [0.1, 0.15) is 11.5 Å². The molecule has 1 aliphatic heterocycles. The maximum absolute atomic E-state index is 12.5. The Morgan fingerprint density at radius 1 is 0.774 bits per heavy atom. The van der Waals surface area contributed by atoms with E-state index in [1.807, 2.05) is 36.4 Å². The Hall–Kier alpha value is -3.93. The van der Waals surface area contributed by atoms with E-state index in [4.69, 9.17) is 23.7 Å². The molecule has 0 atom stereocenters. The van der Waals surface area contributed by atoms with Crippen LogP contribution < -0.4 is 18.9 Å². The molecule has 0 radical (unpaired) electrons. The van der Waals surface area contributed by atoms with Gasteiger partial charge in [-0.1, -0.05) is 18.2 Å². The summed E-state index contributed by atoms with van der Waals surface area (Å²) in [7, 11) is 6.28. The van der Waals surface area contributed by atoms with Gasteiger partial charge >= 0.3 is 5.97 Å². The zero-order valence-corrected chi connectivity index (χ0v) is 17.7. The van der Waals surface area contributed by atoms with Crippen LogP contribution in [0.2, 0.25) is 0 Å². The Kier molecular flexibility index (Phi) is 5.54. The second-order valence-corrected chi connectivity index (χ2v) is 6.88. The van der Waals surface area contributed by atoms with E-state index in [0.29, 0.717) is 28.6 Å². The molecule has 0 amide bonds. The van der Waals surface area contributed by atoms with Crippen LogP contribution in [0, 0.1) is 0 Å². The van der Waals surface area contributed by atoms with Crippen molar-refractivity contribution < 1.29 is 28.5 Å². The summed E-state index contributed by atoms with van der Waals surface area (Å²) in [5.74, 6) is 2.39. The fraction of sp³-hybridized carbons (Fsp3) is 0.160. The van der Waals surface area contributed by atoms with Gasteiger partial charge in [0.25, 0.3) is 0 Å². The minimum Gasteiger partial charge on any atom is -0.497 e. The molecular weight excluding hydrogens is 396 g/mol. The predicted molar refractivity (Wildman–Crippen MR) is 119 cm³/mol.